The van der Waals surface area contributed by atoms with E-state index in [1.54, 1.807) is 23.9 Å². The lowest BCUT2D eigenvalue weighted by Crippen LogP contribution is -2.50. The summed E-state index contributed by atoms with van der Waals surface area (Å²) in [5.74, 6) is -0.414. The van der Waals surface area contributed by atoms with Crippen molar-refractivity contribution in [2.24, 2.45) is 0 Å². The minimum atomic E-state index is -0.465. The molecule has 8 heteroatoms. The van der Waals surface area contributed by atoms with Crippen molar-refractivity contribution in [2.75, 3.05) is 0 Å². The zero-order valence-corrected chi connectivity index (χ0v) is 15.4. The van der Waals surface area contributed by atoms with E-state index in [9.17, 15) is 14.9 Å². The van der Waals surface area contributed by atoms with Gasteiger partial charge in [-0.25, -0.2) is 4.79 Å². The van der Waals surface area contributed by atoms with Crippen molar-refractivity contribution in [1.82, 2.24) is 4.90 Å². The van der Waals surface area contributed by atoms with Crippen molar-refractivity contribution in [3.8, 4) is 0 Å². The second-order valence-electron chi connectivity index (χ2n) is 5.51. The summed E-state index contributed by atoms with van der Waals surface area (Å²) in [5, 5.41) is 10.7. The van der Waals surface area contributed by atoms with Crippen LogP contribution >= 0.6 is 24.0 Å². The van der Waals surface area contributed by atoms with Crippen LogP contribution in [-0.2, 0) is 16.1 Å². The minimum Gasteiger partial charge on any atom is -0.456 e. The second kappa shape index (κ2) is 6.97. The quantitative estimate of drug-likeness (QED) is 0.253. The number of carbonyl (C=O) groups excluding carboxylic acids is 1. The number of hydrogen-bond acceptors (Lipinski definition) is 6. The zero-order valence-electron chi connectivity index (χ0n) is 13.7. The summed E-state index contributed by atoms with van der Waals surface area (Å²) in [6.07, 6.45) is 2.72. The molecule has 0 aliphatic carbocycles. The number of nitro benzene ring substituents is 1. The Morgan fingerprint density at radius 3 is 2.68 bits per heavy atom. The molecule has 2 heterocycles. The van der Waals surface area contributed by atoms with E-state index in [-0.39, 0.29) is 17.7 Å². The van der Waals surface area contributed by atoms with Crippen molar-refractivity contribution in [3.05, 3.63) is 62.2 Å². The molecule has 2 aliphatic heterocycles. The molecule has 6 nitrogen and oxygen atoms in total. The maximum atomic E-state index is 12.6. The van der Waals surface area contributed by atoms with Crippen LogP contribution < -0.4 is 0 Å². The third-order valence-corrected chi connectivity index (χ3v) is 5.95. The Kier molecular flexibility index (Phi) is 4.91. The molecule has 1 unspecified atom stereocenters. The van der Waals surface area contributed by atoms with Gasteiger partial charge in [-0.15, -0.1) is 0 Å². The van der Waals surface area contributed by atoms with E-state index >= 15 is 0 Å². The number of carbonyl (C=O) groups is 1. The maximum absolute atomic E-state index is 12.6. The number of allylic oxidation sites excluding steroid dienone is 2. The highest BCUT2D eigenvalue weighted by Gasteiger charge is 2.49. The van der Waals surface area contributed by atoms with Gasteiger partial charge in [-0.2, -0.15) is 0 Å². The van der Waals surface area contributed by atoms with Gasteiger partial charge in [0.25, 0.3) is 5.69 Å². The van der Waals surface area contributed by atoms with E-state index in [4.69, 9.17) is 17.0 Å². The SMILES string of the molecule is C/C=C1\C(=S)N2C(C(=O)OCc3ccc([N+](=O)[O-])cc3)=C(CC)SC12. The molecule has 0 amide bonds. The lowest BCUT2D eigenvalue weighted by Gasteiger charge is -2.40. The Bertz CT molecular complexity index is 814. The van der Waals surface area contributed by atoms with Gasteiger partial charge in [0.1, 0.15) is 22.7 Å². The lowest BCUT2D eigenvalue weighted by atomic mass is 10.1. The van der Waals surface area contributed by atoms with E-state index in [0.29, 0.717) is 16.2 Å². The highest BCUT2D eigenvalue weighted by Crippen LogP contribution is 2.50. The average Bonchev–Trinajstić information content (AvgIpc) is 2.95. The second-order valence-corrected chi connectivity index (χ2v) is 7.08. The number of hydrogen-bond donors (Lipinski definition) is 0. The smallest absolute Gasteiger partial charge is 0.356 e. The molecule has 0 aromatic heterocycles. The molecule has 0 bridgehead atoms. The highest BCUT2D eigenvalue weighted by atomic mass is 32.2. The summed E-state index contributed by atoms with van der Waals surface area (Å²) in [7, 11) is 0. The van der Waals surface area contributed by atoms with E-state index in [1.807, 2.05) is 24.8 Å². The van der Waals surface area contributed by atoms with Gasteiger partial charge in [0.2, 0.25) is 0 Å². The van der Waals surface area contributed by atoms with Gasteiger partial charge in [-0.3, -0.25) is 10.1 Å². The summed E-state index contributed by atoms with van der Waals surface area (Å²) >= 11 is 7.03. The van der Waals surface area contributed by atoms with Crippen LogP contribution in [0, 0.1) is 10.1 Å². The fourth-order valence-electron chi connectivity index (χ4n) is 2.74. The van der Waals surface area contributed by atoms with Crippen molar-refractivity contribution < 1.29 is 14.5 Å². The number of nitro groups is 1. The predicted octanol–water partition coefficient (Wildman–Crippen LogP) is 3.92. The summed E-state index contributed by atoms with van der Waals surface area (Å²) in [6, 6.07) is 5.95. The summed E-state index contributed by atoms with van der Waals surface area (Å²) < 4.78 is 5.41. The Morgan fingerprint density at radius 2 is 2.12 bits per heavy atom. The molecule has 0 radical (unpaired) electrons. The van der Waals surface area contributed by atoms with Crippen molar-refractivity contribution in [2.45, 2.75) is 32.2 Å². The molecule has 0 N–H and O–H groups in total. The van der Waals surface area contributed by atoms with Crippen LogP contribution in [0.2, 0.25) is 0 Å². The molecule has 0 saturated carbocycles. The molecular weight excluding hydrogens is 360 g/mol. The summed E-state index contributed by atoms with van der Waals surface area (Å²) in [4.78, 5) is 26.3. The molecule has 3 rings (SSSR count). The first-order valence-electron chi connectivity index (χ1n) is 7.78. The van der Waals surface area contributed by atoms with E-state index in [2.05, 4.69) is 0 Å². The fraction of sp³-hybridized carbons (Fsp3) is 0.294. The third kappa shape index (κ3) is 3.07. The number of nitrogens with zero attached hydrogens (tertiary/aromatic N) is 2. The van der Waals surface area contributed by atoms with Gasteiger partial charge in [0, 0.05) is 22.6 Å². The largest absolute Gasteiger partial charge is 0.456 e. The number of thiocarbonyl (C=S) groups is 1. The van der Waals surface area contributed by atoms with Crippen LogP contribution in [0.5, 0.6) is 0 Å². The molecule has 1 saturated heterocycles. The van der Waals surface area contributed by atoms with Crippen LogP contribution in [0.25, 0.3) is 0 Å². The number of rotatable bonds is 5. The maximum Gasteiger partial charge on any atom is 0.356 e. The Balaban J connectivity index is 1.70. The van der Waals surface area contributed by atoms with Gasteiger partial charge in [0.15, 0.2) is 0 Å². The minimum absolute atomic E-state index is 0.00546. The van der Waals surface area contributed by atoms with Crippen molar-refractivity contribution in [1.29, 1.82) is 0 Å². The number of esters is 1. The molecule has 25 heavy (non-hydrogen) atoms. The molecular formula is C17H16N2O4S2. The first-order chi connectivity index (χ1) is 12.0. The number of thioether (sulfide) groups is 1. The number of ether oxygens (including phenoxy) is 1. The molecule has 1 aromatic carbocycles. The monoisotopic (exact) mass is 376 g/mol. The molecule has 0 spiro atoms. The third-order valence-electron chi connectivity index (χ3n) is 4.07. The first kappa shape index (κ1) is 17.6. The summed E-state index contributed by atoms with van der Waals surface area (Å²) in [6.45, 7) is 4.00. The Morgan fingerprint density at radius 1 is 1.44 bits per heavy atom. The molecule has 1 aromatic rings. The van der Waals surface area contributed by atoms with Gasteiger partial charge in [-0.05, 0) is 31.0 Å². The van der Waals surface area contributed by atoms with Crippen LogP contribution in [-0.4, -0.2) is 26.2 Å². The standard InChI is InChI=1S/C17H16N2O4S2/c1-3-12-15(24)18-14(13(4-2)25-16(12)18)17(20)23-9-10-5-7-11(8-6-10)19(21)22/h3,5-8,16H,4,9H2,1-2H3/b12-3+. The average molecular weight is 376 g/mol. The Hall–Kier alpha value is -2.19. The topological polar surface area (TPSA) is 72.7 Å². The zero-order chi connectivity index (χ0) is 18.1. The lowest BCUT2D eigenvalue weighted by molar-refractivity contribution is -0.384. The van der Waals surface area contributed by atoms with Gasteiger partial charge in [0.05, 0.1) is 4.92 Å². The predicted molar refractivity (Wildman–Crippen MR) is 99.8 cm³/mol. The van der Waals surface area contributed by atoms with E-state index in [0.717, 1.165) is 16.9 Å². The van der Waals surface area contributed by atoms with E-state index < -0.39 is 10.9 Å². The van der Waals surface area contributed by atoms with Gasteiger partial charge < -0.3 is 9.64 Å². The number of benzene rings is 1. The van der Waals surface area contributed by atoms with Gasteiger partial charge >= 0.3 is 5.97 Å². The van der Waals surface area contributed by atoms with Crippen LogP contribution in [0.3, 0.4) is 0 Å². The normalized spacial score (nSPS) is 20.6. The molecule has 1 atom stereocenters. The Labute approximate surface area is 154 Å². The van der Waals surface area contributed by atoms with Crippen LogP contribution in [0.1, 0.15) is 25.8 Å². The van der Waals surface area contributed by atoms with Gasteiger partial charge in [-0.1, -0.05) is 37.0 Å². The molecule has 1 fully saturated rings. The highest BCUT2D eigenvalue weighted by molar-refractivity contribution is 8.04. The van der Waals surface area contributed by atoms with Crippen molar-refractivity contribution >= 4 is 40.6 Å². The molecule has 2 aliphatic rings. The number of fused-ring (bicyclic) bond motifs is 1. The van der Waals surface area contributed by atoms with Crippen LogP contribution in [0.15, 0.2) is 46.5 Å². The van der Waals surface area contributed by atoms with Crippen molar-refractivity contribution in [3.63, 3.8) is 0 Å². The first-order valence-corrected chi connectivity index (χ1v) is 9.06. The molecule has 130 valence electrons. The van der Waals surface area contributed by atoms with Crippen LogP contribution in [0.4, 0.5) is 5.69 Å². The fourth-order valence-corrected chi connectivity index (χ4v) is 4.73. The summed E-state index contributed by atoms with van der Waals surface area (Å²) in [5.41, 5.74) is 2.30. The number of non-ortho nitro benzene ring substituents is 1. The van der Waals surface area contributed by atoms with E-state index in [1.165, 1.54) is 12.1 Å².